The molecule has 0 unspecified atom stereocenters. The zero-order valence-electron chi connectivity index (χ0n) is 14.7. The maximum atomic E-state index is 13.1. The minimum absolute atomic E-state index is 0.0751. The van der Waals surface area contributed by atoms with Gasteiger partial charge in [0.2, 0.25) is 0 Å². The van der Waals surface area contributed by atoms with E-state index in [1.54, 1.807) is 6.92 Å². The maximum Gasteiger partial charge on any atom is 0.416 e. The van der Waals surface area contributed by atoms with E-state index in [4.69, 9.17) is 0 Å². The Balaban J connectivity index is 2.04. The Bertz CT molecular complexity index is 884. The van der Waals surface area contributed by atoms with Crippen molar-refractivity contribution in [2.75, 3.05) is 16.4 Å². The molecule has 2 saturated heterocycles. The molecular weight excluding hydrogens is 401 g/mol. The minimum Gasteiger partial charge on any atom is -0.316 e. The summed E-state index contributed by atoms with van der Waals surface area (Å²) in [6.45, 7) is 3.57. The fourth-order valence-corrected chi connectivity index (χ4v) is 7.00. The van der Waals surface area contributed by atoms with E-state index in [1.165, 1.54) is 17.0 Å². The van der Waals surface area contributed by atoms with Crippen LogP contribution in [-0.2, 0) is 20.8 Å². The first-order chi connectivity index (χ1) is 12.5. The van der Waals surface area contributed by atoms with Crippen molar-refractivity contribution < 1.29 is 26.4 Å². The van der Waals surface area contributed by atoms with E-state index >= 15 is 0 Å². The molecule has 0 aliphatic carbocycles. The summed E-state index contributed by atoms with van der Waals surface area (Å²) in [5.74, 6) is -0.920. The number of anilines is 1. The first kappa shape index (κ1) is 20.2. The molecule has 1 amide bonds. The number of hydrogen-bond donors (Lipinski definition) is 0. The molecule has 0 radical (unpaired) electrons. The van der Waals surface area contributed by atoms with Crippen LogP contribution >= 0.6 is 11.8 Å². The number of fused-ring (bicyclic) bond motifs is 1. The number of nitrogens with zero attached hydrogens (tertiary/aromatic N) is 2. The third-order valence-corrected chi connectivity index (χ3v) is 7.97. The topological polar surface area (TPSA) is 66.8 Å². The lowest BCUT2D eigenvalue weighted by Crippen LogP contribution is -2.38. The standard InChI is InChI=1S/C17H19F3N2O3S2/c1-3-10(2)15(23)21-16-22(13-8-27(24,25)9-14(13)26-16)12-6-4-5-11(7-12)17(18,19)20/h4-7,10,13-14H,3,8-9H2,1-2H3/t10-,13-,14+/m0/s1. The highest BCUT2D eigenvalue weighted by atomic mass is 32.2. The molecule has 2 aliphatic heterocycles. The van der Waals surface area contributed by atoms with Crippen LogP contribution in [0.5, 0.6) is 0 Å². The molecule has 1 aromatic rings. The Hall–Kier alpha value is -1.55. The summed E-state index contributed by atoms with van der Waals surface area (Å²) in [5, 5.41) is -0.0856. The van der Waals surface area contributed by atoms with Gasteiger partial charge in [-0.1, -0.05) is 31.7 Å². The Morgan fingerprint density at radius 2 is 2.07 bits per heavy atom. The predicted octanol–water partition coefficient (Wildman–Crippen LogP) is 3.35. The van der Waals surface area contributed by atoms with Gasteiger partial charge in [-0.25, -0.2) is 8.42 Å². The number of alkyl halides is 3. The number of halogens is 3. The van der Waals surface area contributed by atoms with Gasteiger partial charge in [0.1, 0.15) is 0 Å². The van der Waals surface area contributed by atoms with Gasteiger partial charge in [0.15, 0.2) is 15.0 Å². The SMILES string of the molecule is CC[C@H](C)C(=O)N=C1S[C@@H]2CS(=O)(=O)C[C@@H]2N1c1cccc(C(F)(F)F)c1. The van der Waals surface area contributed by atoms with Gasteiger partial charge >= 0.3 is 6.18 Å². The second kappa shape index (κ2) is 7.12. The van der Waals surface area contributed by atoms with Crippen LogP contribution in [0.25, 0.3) is 0 Å². The predicted molar refractivity (Wildman–Crippen MR) is 99.6 cm³/mol. The van der Waals surface area contributed by atoms with E-state index in [2.05, 4.69) is 4.99 Å². The number of rotatable bonds is 3. The molecule has 2 aliphatic rings. The summed E-state index contributed by atoms with van der Waals surface area (Å²) in [6.07, 6.45) is -3.93. The van der Waals surface area contributed by atoms with Crippen LogP contribution in [-0.4, -0.2) is 42.3 Å². The number of carbonyl (C=O) groups excluding carboxylic acids is 1. The molecule has 0 N–H and O–H groups in total. The molecule has 2 fully saturated rings. The summed E-state index contributed by atoms with van der Waals surface area (Å²) >= 11 is 1.15. The van der Waals surface area contributed by atoms with Crippen molar-refractivity contribution in [3.63, 3.8) is 0 Å². The highest BCUT2D eigenvalue weighted by molar-refractivity contribution is 8.16. The first-order valence-electron chi connectivity index (χ1n) is 8.48. The van der Waals surface area contributed by atoms with Crippen molar-refractivity contribution in [2.24, 2.45) is 10.9 Å². The molecule has 0 aromatic heterocycles. The fraction of sp³-hybridized carbons (Fsp3) is 0.529. The quantitative estimate of drug-likeness (QED) is 0.750. The van der Waals surface area contributed by atoms with Crippen LogP contribution in [0.15, 0.2) is 29.3 Å². The molecule has 27 heavy (non-hydrogen) atoms. The second-order valence-corrected chi connectivity index (χ2v) is 10.1. The van der Waals surface area contributed by atoms with Crippen LogP contribution in [0, 0.1) is 5.92 Å². The Labute approximate surface area is 159 Å². The molecular formula is C17H19F3N2O3S2. The third-order valence-electron chi connectivity index (χ3n) is 4.76. The number of benzene rings is 1. The number of amides is 1. The summed E-state index contributed by atoms with van der Waals surface area (Å²) < 4.78 is 63.3. The number of hydrogen-bond acceptors (Lipinski definition) is 4. The Morgan fingerprint density at radius 1 is 1.37 bits per heavy atom. The van der Waals surface area contributed by atoms with Crippen molar-refractivity contribution in [1.29, 1.82) is 0 Å². The average Bonchev–Trinajstić information content (AvgIpc) is 3.04. The van der Waals surface area contributed by atoms with Crippen molar-refractivity contribution in [2.45, 2.75) is 37.7 Å². The monoisotopic (exact) mass is 420 g/mol. The number of sulfone groups is 1. The molecule has 148 valence electrons. The van der Waals surface area contributed by atoms with Gasteiger partial charge in [-0.3, -0.25) is 4.79 Å². The van der Waals surface area contributed by atoms with Gasteiger partial charge in [0, 0.05) is 16.9 Å². The van der Waals surface area contributed by atoms with Gasteiger partial charge in [-0.05, 0) is 24.6 Å². The summed E-state index contributed by atoms with van der Waals surface area (Å²) in [4.78, 5) is 17.9. The van der Waals surface area contributed by atoms with Gasteiger partial charge in [0.05, 0.1) is 23.1 Å². The van der Waals surface area contributed by atoms with Crippen LogP contribution in [0.1, 0.15) is 25.8 Å². The zero-order chi connectivity index (χ0) is 20.0. The van der Waals surface area contributed by atoms with E-state index in [1.807, 2.05) is 6.92 Å². The summed E-state index contributed by atoms with van der Waals surface area (Å²) in [6, 6.07) is 4.14. The molecule has 10 heteroatoms. The Kier molecular flexibility index (Phi) is 5.33. The fourth-order valence-electron chi connectivity index (χ4n) is 3.08. The molecule has 5 nitrogen and oxygen atoms in total. The van der Waals surface area contributed by atoms with Crippen molar-refractivity contribution in [3.8, 4) is 0 Å². The van der Waals surface area contributed by atoms with E-state index < -0.39 is 27.6 Å². The highest BCUT2D eigenvalue weighted by Crippen LogP contribution is 2.42. The maximum absolute atomic E-state index is 13.1. The smallest absolute Gasteiger partial charge is 0.316 e. The third kappa shape index (κ3) is 4.16. The molecule has 0 spiro atoms. The van der Waals surface area contributed by atoms with Crippen molar-refractivity contribution >= 4 is 38.4 Å². The van der Waals surface area contributed by atoms with Gasteiger partial charge in [-0.15, -0.1) is 0 Å². The van der Waals surface area contributed by atoms with Crippen LogP contribution < -0.4 is 4.90 Å². The van der Waals surface area contributed by atoms with Gasteiger partial charge in [0.25, 0.3) is 5.91 Å². The molecule has 0 bridgehead atoms. The van der Waals surface area contributed by atoms with Gasteiger partial charge < -0.3 is 4.90 Å². The summed E-state index contributed by atoms with van der Waals surface area (Å²) in [5.41, 5.74) is -0.639. The second-order valence-electron chi connectivity index (χ2n) is 6.76. The van der Waals surface area contributed by atoms with E-state index in [0.717, 1.165) is 23.9 Å². The lowest BCUT2D eigenvalue weighted by molar-refractivity contribution is -0.137. The average molecular weight is 420 g/mol. The van der Waals surface area contributed by atoms with Crippen LogP contribution in [0.3, 0.4) is 0 Å². The van der Waals surface area contributed by atoms with Crippen molar-refractivity contribution in [3.05, 3.63) is 29.8 Å². The molecule has 3 rings (SSSR count). The first-order valence-corrected chi connectivity index (χ1v) is 11.2. The lowest BCUT2D eigenvalue weighted by Gasteiger charge is -2.25. The molecule has 1 aromatic carbocycles. The Morgan fingerprint density at radius 3 is 2.70 bits per heavy atom. The molecule has 0 saturated carbocycles. The van der Waals surface area contributed by atoms with E-state index in [0.29, 0.717) is 6.42 Å². The van der Waals surface area contributed by atoms with E-state index in [-0.39, 0.29) is 39.4 Å². The highest BCUT2D eigenvalue weighted by Gasteiger charge is 2.49. The molecule has 3 atom stereocenters. The van der Waals surface area contributed by atoms with Crippen molar-refractivity contribution in [1.82, 2.24) is 0 Å². The normalized spacial score (nSPS) is 27.0. The van der Waals surface area contributed by atoms with Crippen LogP contribution in [0.2, 0.25) is 0 Å². The number of aliphatic imine (C=N–C) groups is 1. The van der Waals surface area contributed by atoms with E-state index in [9.17, 15) is 26.4 Å². The number of carbonyl (C=O) groups is 1. The zero-order valence-corrected chi connectivity index (χ0v) is 16.4. The van der Waals surface area contributed by atoms with Crippen LogP contribution in [0.4, 0.5) is 18.9 Å². The molecule has 2 heterocycles. The minimum atomic E-state index is -4.52. The number of thioether (sulfide) groups is 1. The summed E-state index contributed by atoms with van der Waals surface area (Å²) in [7, 11) is -3.28. The van der Waals surface area contributed by atoms with Gasteiger partial charge in [-0.2, -0.15) is 18.2 Å². The lowest BCUT2D eigenvalue weighted by atomic mass is 10.1. The largest absolute Gasteiger partial charge is 0.416 e. The number of amidine groups is 1.